The van der Waals surface area contributed by atoms with Crippen LogP contribution in [0.3, 0.4) is 0 Å². The molecule has 12 nitrogen and oxygen atoms in total. The maximum absolute atomic E-state index is 12.9. The van der Waals surface area contributed by atoms with Crippen LogP contribution in [0.15, 0.2) is 78.9 Å². The summed E-state index contributed by atoms with van der Waals surface area (Å²) in [5.74, 6) is -1.31. The molecule has 0 aliphatic carbocycles. The number of imidazole rings is 1. The fraction of sp³-hybridized carbons (Fsp3) is 0.258. The van der Waals surface area contributed by atoms with Gasteiger partial charge in [-0.25, -0.2) is 14.6 Å². The van der Waals surface area contributed by atoms with E-state index >= 15 is 0 Å². The van der Waals surface area contributed by atoms with Crippen molar-refractivity contribution in [3.8, 4) is 0 Å². The van der Waals surface area contributed by atoms with Gasteiger partial charge in [0.1, 0.15) is 18.5 Å². The van der Waals surface area contributed by atoms with Crippen LogP contribution in [0.5, 0.6) is 0 Å². The summed E-state index contributed by atoms with van der Waals surface area (Å²) >= 11 is 0. The number of carboxylic acids is 1. The molecule has 4 N–H and O–H groups in total. The van der Waals surface area contributed by atoms with Crippen molar-refractivity contribution in [3.05, 3.63) is 101 Å². The number of benzene rings is 3. The van der Waals surface area contributed by atoms with E-state index in [0.717, 1.165) is 22.2 Å². The number of alkyl carbamates (subject to hydrolysis) is 1. The number of nitrogens with zero attached hydrogens (tertiary/aromatic N) is 2. The van der Waals surface area contributed by atoms with Crippen molar-refractivity contribution in [2.24, 2.45) is 0 Å². The second-order valence-electron chi connectivity index (χ2n) is 9.70. The molecular formula is C31H33N5O7. The van der Waals surface area contributed by atoms with E-state index in [-0.39, 0.29) is 50.7 Å². The van der Waals surface area contributed by atoms with Crippen LogP contribution in [0.1, 0.15) is 33.7 Å². The van der Waals surface area contributed by atoms with Crippen LogP contribution in [-0.4, -0.2) is 70.2 Å². The first-order valence-corrected chi connectivity index (χ1v) is 13.6. The zero-order valence-corrected chi connectivity index (χ0v) is 23.6. The third kappa shape index (κ3) is 9.13. The zero-order chi connectivity index (χ0) is 30.6. The van der Waals surface area contributed by atoms with Crippen LogP contribution < -0.4 is 10.6 Å². The van der Waals surface area contributed by atoms with E-state index in [1.165, 1.54) is 7.11 Å². The van der Waals surface area contributed by atoms with Gasteiger partial charge in [0.25, 0.3) is 5.91 Å². The third-order valence-corrected chi connectivity index (χ3v) is 6.51. The van der Waals surface area contributed by atoms with Crippen molar-refractivity contribution in [2.45, 2.75) is 32.2 Å². The highest BCUT2D eigenvalue weighted by atomic mass is 16.5. The molecule has 0 aliphatic heterocycles. The normalized spacial score (nSPS) is 11.5. The highest BCUT2D eigenvalue weighted by Gasteiger charge is 2.22. The maximum Gasteiger partial charge on any atom is 0.408 e. The van der Waals surface area contributed by atoms with E-state index in [1.807, 2.05) is 30.3 Å². The monoisotopic (exact) mass is 587 g/mol. The van der Waals surface area contributed by atoms with Crippen molar-refractivity contribution < 1.29 is 33.8 Å². The molecule has 4 rings (SSSR count). The molecule has 3 aromatic carbocycles. The number of hydrogen-bond acceptors (Lipinski definition) is 7. The van der Waals surface area contributed by atoms with E-state index in [2.05, 4.69) is 20.6 Å². The topological polar surface area (TPSA) is 163 Å². The molecule has 43 heavy (non-hydrogen) atoms. The molecule has 4 aromatic rings. The van der Waals surface area contributed by atoms with Crippen molar-refractivity contribution >= 4 is 34.9 Å². The number of fused-ring (bicyclic) bond motifs is 1. The van der Waals surface area contributed by atoms with Crippen molar-refractivity contribution in [2.75, 3.05) is 20.3 Å². The van der Waals surface area contributed by atoms with Crippen LogP contribution in [0, 0.1) is 0 Å². The fourth-order valence-corrected chi connectivity index (χ4v) is 4.23. The number of carbonyl (C=O) groups excluding carboxylic acids is 3. The number of ether oxygens (including phenoxy) is 2. The largest absolute Gasteiger partial charge is 0.480 e. The lowest BCUT2D eigenvalue weighted by Crippen LogP contribution is -2.48. The molecular weight excluding hydrogens is 554 g/mol. The van der Waals surface area contributed by atoms with Gasteiger partial charge in [-0.3, -0.25) is 9.59 Å². The standard InChI is InChI=1S/C31H33N5O7/c1-42-16-15-28(37)36(19-27-33-24-9-5-6-10-25(24)34-27)18-21-11-13-23(14-12-21)29(38)32-17-26(30(39)40)35-31(41)43-20-22-7-3-2-4-8-22/h2-14,26H,15-20H2,1H3,(H,32,38)(H,33,34)(H,35,41)(H,39,40)/t26-/m0/s1. The number of hydrogen-bond donors (Lipinski definition) is 4. The molecule has 12 heteroatoms. The molecule has 0 fully saturated rings. The predicted octanol–water partition coefficient (Wildman–Crippen LogP) is 3.24. The van der Waals surface area contributed by atoms with Crippen LogP contribution in [0.25, 0.3) is 11.0 Å². The number of para-hydroxylation sites is 2. The third-order valence-electron chi connectivity index (χ3n) is 6.51. The summed E-state index contributed by atoms with van der Waals surface area (Å²) in [7, 11) is 1.53. The minimum Gasteiger partial charge on any atom is -0.480 e. The Balaban J connectivity index is 1.33. The molecule has 0 radical (unpaired) electrons. The Kier molecular flexibility index (Phi) is 10.8. The average Bonchev–Trinajstić information content (AvgIpc) is 3.43. The lowest BCUT2D eigenvalue weighted by Gasteiger charge is -2.22. The van der Waals surface area contributed by atoms with E-state index < -0.39 is 24.0 Å². The summed E-state index contributed by atoms with van der Waals surface area (Å²) < 4.78 is 10.1. The lowest BCUT2D eigenvalue weighted by molar-refractivity contribution is -0.139. The molecule has 0 unspecified atom stereocenters. The minimum atomic E-state index is -1.39. The summed E-state index contributed by atoms with van der Waals surface area (Å²) in [6.07, 6.45) is -0.711. The number of aromatic nitrogens is 2. The molecule has 1 heterocycles. The minimum absolute atomic E-state index is 0.0224. The number of aromatic amines is 1. The van der Waals surface area contributed by atoms with Gasteiger partial charge in [0.2, 0.25) is 5.91 Å². The second kappa shape index (κ2) is 15.1. The van der Waals surface area contributed by atoms with Crippen molar-refractivity contribution in [1.29, 1.82) is 0 Å². The molecule has 1 aromatic heterocycles. The Hall–Kier alpha value is -5.23. The van der Waals surface area contributed by atoms with Crippen LogP contribution in [-0.2, 0) is 38.8 Å². The first kappa shape index (κ1) is 30.7. The number of aliphatic carboxylic acids is 1. The van der Waals surface area contributed by atoms with Crippen LogP contribution >= 0.6 is 0 Å². The highest BCUT2D eigenvalue weighted by Crippen LogP contribution is 2.15. The van der Waals surface area contributed by atoms with Gasteiger partial charge in [-0.1, -0.05) is 54.6 Å². The quantitative estimate of drug-likeness (QED) is 0.175. The Morgan fingerprint density at radius 3 is 2.35 bits per heavy atom. The van der Waals surface area contributed by atoms with Crippen molar-refractivity contribution in [3.63, 3.8) is 0 Å². The van der Waals surface area contributed by atoms with Gasteiger partial charge in [0.15, 0.2) is 0 Å². The van der Waals surface area contributed by atoms with Gasteiger partial charge in [-0.05, 0) is 35.4 Å². The molecule has 224 valence electrons. The summed E-state index contributed by atoms with van der Waals surface area (Å²) in [5.41, 5.74) is 3.50. The Morgan fingerprint density at radius 2 is 1.65 bits per heavy atom. The molecule has 3 amide bonds. The number of H-pyrrole nitrogens is 1. The van der Waals surface area contributed by atoms with Crippen molar-refractivity contribution in [1.82, 2.24) is 25.5 Å². The predicted molar refractivity (Wildman–Crippen MR) is 157 cm³/mol. The first-order chi connectivity index (χ1) is 20.8. The van der Waals surface area contributed by atoms with Gasteiger partial charge < -0.3 is 35.1 Å². The number of carboxylic acid groups (broad SMARTS) is 1. The molecule has 0 bridgehead atoms. The summed E-state index contributed by atoms with van der Waals surface area (Å²) in [4.78, 5) is 58.9. The van der Waals surface area contributed by atoms with Crippen LogP contribution in [0.4, 0.5) is 4.79 Å². The van der Waals surface area contributed by atoms with Gasteiger partial charge in [-0.15, -0.1) is 0 Å². The number of amides is 3. The van der Waals surface area contributed by atoms with Gasteiger partial charge >= 0.3 is 12.1 Å². The molecule has 0 saturated carbocycles. The van der Waals surface area contributed by atoms with Crippen LogP contribution in [0.2, 0.25) is 0 Å². The van der Waals surface area contributed by atoms with Gasteiger partial charge in [-0.2, -0.15) is 0 Å². The Morgan fingerprint density at radius 1 is 0.930 bits per heavy atom. The molecule has 0 aliphatic rings. The number of nitrogens with one attached hydrogen (secondary N) is 3. The number of carbonyl (C=O) groups is 4. The van der Waals surface area contributed by atoms with Gasteiger partial charge in [0, 0.05) is 25.8 Å². The molecule has 0 spiro atoms. The van der Waals surface area contributed by atoms with E-state index in [0.29, 0.717) is 5.82 Å². The maximum atomic E-state index is 12.9. The zero-order valence-electron chi connectivity index (χ0n) is 23.6. The SMILES string of the molecule is COCCC(=O)N(Cc1ccc(C(=O)NC[C@H](NC(=O)OCc2ccccc2)C(=O)O)cc1)Cc1nc2ccccc2[nH]1. The molecule has 1 atom stereocenters. The first-order valence-electron chi connectivity index (χ1n) is 13.6. The van der Waals surface area contributed by atoms with Gasteiger partial charge in [0.05, 0.1) is 30.6 Å². The summed E-state index contributed by atoms with van der Waals surface area (Å²) in [5, 5.41) is 14.3. The number of rotatable bonds is 14. The lowest BCUT2D eigenvalue weighted by atomic mass is 10.1. The highest BCUT2D eigenvalue weighted by molar-refractivity contribution is 5.94. The smallest absolute Gasteiger partial charge is 0.408 e. The summed E-state index contributed by atoms with van der Waals surface area (Å²) in [6.45, 7) is 0.445. The van der Waals surface area contributed by atoms with E-state index in [1.54, 1.807) is 53.4 Å². The summed E-state index contributed by atoms with van der Waals surface area (Å²) in [6, 6.07) is 21.8. The average molecular weight is 588 g/mol. The molecule has 0 saturated heterocycles. The fourth-order valence-electron chi connectivity index (χ4n) is 4.23. The Bertz CT molecular complexity index is 1510. The van der Waals surface area contributed by atoms with E-state index in [4.69, 9.17) is 9.47 Å². The second-order valence-corrected chi connectivity index (χ2v) is 9.70. The van der Waals surface area contributed by atoms with E-state index in [9.17, 15) is 24.3 Å². The Labute approximate surface area is 248 Å². The number of methoxy groups -OCH3 is 1.